The Balaban J connectivity index is 1.20. The molecule has 30 heavy (non-hydrogen) atoms. The summed E-state index contributed by atoms with van der Waals surface area (Å²) in [7, 11) is 0. The number of thiazole rings is 1. The van der Waals surface area contributed by atoms with Crippen molar-refractivity contribution in [1.29, 1.82) is 0 Å². The number of carbonyl (C=O) groups is 2. The van der Waals surface area contributed by atoms with E-state index in [2.05, 4.69) is 30.8 Å². The van der Waals surface area contributed by atoms with Crippen molar-refractivity contribution in [2.24, 2.45) is 5.92 Å². The number of hydrogen-bond donors (Lipinski definition) is 2. The Labute approximate surface area is 181 Å². The third-order valence-corrected chi connectivity index (χ3v) is 6.64. The number of hydrogen-bond acceptors (Lipinski definition) is 6. The Hall–Kier alpha value is -2.45. The van der Waals surface area contributed by atoms with Gasteiger partial charge in [0.2, 0.25) is 11.8 Å². The zero-order valence-corrected chi connectivity index (χ0v) is 18.2. The first-order valence-electron chi connectivity index (χ1n) is 10.6. The van der Waals surface area contributed by atoms with Crippen LogP contribution in [0.4, 0.5) is 5.69 Å². The summed E-state index contributed by atoms with van der Waals surface area (Å²) in [5, 5.41) is 9.17. The third-order valence-electron chi connectivity index (χ3n) is 5.82. The molecule has 0 bridgehead atoms. The van der Waals surface area contributed by atoms with Crippen molar-refractivity contribution < 1.29 is 9.59 Å². The molecule has 2 fully saturated rings. The van der Waals surface area contributed by atoms with Gasteiger partial charge in [-0.3, -0.25) is 14.5 Å². The number of anilines is 1. The highest BCUT2D eigenvalue weighted by Gasteiger charge is 2.25. The average molecular weight is 428 g/mol. The van der Waals surface area contributed by atoms with Gasteiger partial charge in [-0.15, -0.1) is 11.3 Å². The number of carbonyl (C=O) groups excluding carboxylic acids is 2. The molecule has 8 heteroatoms. The number of aryl methyl sites for hydroxylation is 1. The van der Waals surface area contributed by atoms with E-state index < -0.39 is 0 Å². The first-order chi connectivity index (χ1) is 14.6. The largest absolute Gasteiger partial charge is 0.360 e. The van der Waals surface area contributed by atoms with Gasteiger partial charge < -0.3 is 15.5 Å². The van der Waals surface area contributed by atoms with Crippen LogP contribution >= 0.6 is 11.3 Å². The van der Waals surface area contributed by atoms with Crippen molar-refractivity contribution in [3.63, 3.8) is 0 Å². The van der Waals surface area contributed by atoms with Gasteiger partial charge in [0.1, 0.15) is 0 Å². The minimum absolute atomic E-state index is 0.0605. The van der Waals surface area contributed by atoms with Gasteiger partial charge in [-0.25, -0.2) is 4.98 Å². The van der Waals surface area contributed by atoms with Crippen LogP contribution in [0.1, 0.15) is 29.1 Å². The molecule has 2 amide bonds. The molecule has 160 valence electrons. The van der Waals surface area contributed by atoms with Crippen molar-refractivity contribution in [2.45, 2.75) is 32.9 Å². The summed E-state index contributed by atoms with van der Waals surface area (Å²) in [6.07, 6.45) is 1.79. The lowest BCUT2D eigenvalue weighted by molar-refractivity contribution is -0.126. The van der Waals surface area contributed by atoms with E-state index in [-0.39, 0.29) is 17.7 Å². The Bertz CT molecular complexity index is 874. The van der Waals surface area contributed by atoms with Gasteiger partial charge in [0.15, 0.2) is 0 Å². The molecule has 1 aromatic carbocycles. The van der Waals surface area contributed by atoms with E-state index in [1.165, 1.54) is 0 Å². The highest BCUT2D eigenvalue weighted by atomic mass is 32.1. The molecule has 0 atom stereocenters. The molecule has 3 heterocycles. The molecule has 0 radical (unpaired) electrons. The lowest BCUT2D eigenvalue weighted by Crippen LogP contribution is -2.47. The fraction of sp³-hybridized carbons (Fsp3) is 0.500. The molecule has 2 saturated heterocycles. The summed E-state index contributed by atoms with van der Waals surface area (Å²) in [5.74, 6) is 0.297. The first-order valence-corrected chi connectivity index (χ1v) is 11.5. The van der Waals surface area contributed by atoms with Gasteiger partial charge in [-0.05, 0) is 50.6 Å². The van der Waals surface area contributed by atoms with Gasteiger partial charge >= 0.3 is 0 Å². The van der Waals surface area contributed by atoms with Crippen LogP contribution in [0.5, 0.6) is 0 Å². The second kappa shape index (κ2) is 9.57. The monoisotopic (exact) mass is 427 g/mol. The fourth-order valence-electron chi connectivity index (χ4n) is 4.08. The average Bonchev–Trinajstić information content (AvgIpc) is 3.17. The van der Waals surface area contributed by atoms with E-state index in [9.17, 15) is 9.59 Å². The maximum atomic E-state index is 12.6. The molecule has 1 aromatic heterocycles. The van der Waals surface area contributed by atoms with Crippen LogP contribution in [0.15, 0.2) is 29.6 Å². The number of piperazine rings is 1. The van der Waals surface area contributed by atoms with Crippen molar-refractivity contribution in [2.75, 3.05) is 37.6 Å². The van der Waals surface area contributed by atoms with E-state index >= 15 is 0 Å². The molecule has 0 unspecified atom stereocenters. The SMILES string of the molecule is Cc1nc(CN2CCC(C(=O)NCc3ccc(N4CCNC(=O)C4)cc3)CC2)cs1. The van der Waals surface area contributed by atoms with Gasteiger partial charge in [0.05, 0.1) is 17.2 Å². The topological polar surface area (TPSA) is 77.6 Å². The molecule has 4 rings (SSSR count). The standard InChI is InChI=1S/C22H29N5O2S/c1-16-25-19(15-30-16)13-26-9-6-18(7-10-26)22(29)24-12-17-2-4-20(5-3-17)27-11-8-23-21(28)14-27/h2-5,15,18H,6-14H2,1H3,(H,23,28)(H,24,29). The molecule has 2 aliphatic heterocycles. The lowest BCUT2D eigenvalue weighted by atomic mass is 9.95. The molecule has 2 N–H and O–H groups in total. The van der Waals surface area contributed by atoms with Crippen LogP contribution in [0.25, 0.3) is 0 Å². The summed E-state index contributed by atoms with van der Waals surface area (Å²) < 4.78 is 0. The van der Waals surface area contributed by atoms with E-state index in [0.717, 1.165) is 61.0 Å². The summed E-state index contributed by atoms with van der Waals surface area (Å²) in [6.45, 7) is 7.23. The third kappa shape index (κ3) is 5.37. The minimum Gasteiger partial charge on any atom is -0.360 e. The lowest BCUT2D eigenvalue weighted by Gasteiger charge is -2.30. The Morgan fingerprint density at radius 2 is 2.00 bits per heavy atom. The predicted octanol–water partition coefficient (Wildman–Crippen LogP) is 1.92. The number of piperidine rings is 1. The zero-order chi connectivity index (χ0) is 20.9. The molecule has 2 aromatic rings. The number of amides is 2. The second-order valence-electron chi connectivity index (χ2n) is 8.06. The predicted molar refractivity (Wildman–Crippen MR) is 118 cm³/mol. The van der Waals surface area contributed by atoms with Gasteiger partial charge in [0.25, 0.3) is 0 Å². The first kappa shape index (κ1) is 20.8. The van der Waals surface area contributed by atoms with Crippen LogP contribution in [0.2, 0.25) is 0 Å². The summed E-state index contributed by atoms with van der Waals surface area (Å²) >= 11 is 1.69. The van der Waals surface area contributed by atoms with E-state index in [0.29, 0.717) is 19.6 Å². The summed E-state index contributed by atoms with van der Waals surface area (Å²) in [5.41, 5.74) is 3.25. The van der Waals surface area contributed by atoms with Crippen molar-refractivity contribution in [3.05, 3.63) is 45.9 Å². The van der Waals surface area contributed by atoms with Gasteiger partial charge in [-0.2, -0.15) is 0 Å². The molecule has 7 nitrogen and oxygen atoms in total. The van der Waals surface area contributed by atoms with E-state index in [4.69, 9.17) is 0 Å². The number of rotatable bonds is 6. The Morgan fingerprint density at radius 1 is 1.23 bits per heavy atom. The Kier molecular flexibility index (Phi) is 6.64. The fourth-order valence-corrected chi connectivity index (χ4v) is 4.68. The molecular formula is C22H29N5O2S. The smallest absolute Gasteiger partial charge is 0.239 e. The van der Waals surface area contributed by atoms with Crippen LogP contribution < -0.4 is 15.5 Å². The highest BCUT2D eigenvalue weighted by molar-refractivity contribution is 7.09. The number of nitrogens with zero attached hydrogens (tertiary/aromatic N) is 3. The maximum Gasteiger partial charge on any atom is 0.239 e. The molecular weight excluding hydrogens is 398 g/mol. The Morgan fingerprint density at radius 3 is 2.67 bits per heavy atom. The summed E-state index contributed by atoms with van der Waals surface area (Å²) in [4.78, 5) is 33.1. The highest BCUT2D eigenvalue weighted by Crippen LogP contribution is 2.21. The quantitative estimate of drug-likeness (QED) is 0.737. The van der Waals surface area contributed by atoms with E-state index in [1.54, 1.807) is 11.3 Å². The van der Waals surface area contributed by atoms with Gasteiger partial charge in [-0.1, -0.05) is 12.1 Å². The van der Waals surface area contributed by atoms with Crippen molar-refractivity contribution >= 4 is 28.8 Å². The number of benzene rings is 1. The zero-order valence-electron chi connectivity index (χ0n) is 17.4. The van der Waals surface area contributed by atoms with E-state index in [1.807, 2.05) is 31.2 Å². The van der Waals surface area contributed by atoms with Crippen LogP contribution in [-0.2, 0) is 22.7 Å². The molecule has 2 aliphatic rings. The maximum absolute atomic E-state index is 12.6. The van der Waals surface area contributed by atoms with Crippen molar-refractivity contribution in [3.8, 4) is 0 Å². The van der Waals surface area contributed by atoms with Crippen LogP contribution in [0, 0.1) is 12.8 Å². The van der Waals surface area contributed by atoms with Crippen molar-refractivity contribution in [1.82, 2.24) is 20.5 Å². The normalized spacial score (nSPS) is 18.3. The second-order valence-corrected chi connectivity index (χ2v) is 9.13. The molecule has 0 aliphatic carbocycles. The van der Waals surface area contributed by atoms with Crippen LogP contribution in [-0.4, -0.2) is 54.4 Å². The number of aromatic nitrogens is 1. The van der Waals surface area contributed by atoms with Crippen LogP contribution in [0.3, 0.4) is 0 Å². The number of likely N-dealkylation sites (tertiary alicyclic amines) is 1. The summed E-state index contributed by atoms with van der Waals surface area (Å²) in [6, 6.07) is 8.11. The minimum atomic E-state index is 0.0605. The molecule has 0 spiro atoms. The number of nitrogens with one attached hydrogen (secondary N) is 2. The molecule has 0 saturated carbocycles. The van der Waals surface area contributed by atoms with Gasteiger partial charge in [0, 0.05) is 43.2 Å².